The lowest BCUT2D eigenvalue weighted by molar-refractivity contribution is 0.867. The Hall–Kier alpha value is -3.64. The molecule has 0 unspecified atom stereocenters. The molecule has 0 aliphatic carbocycles. The smallest absolute Gasteiger partial charge is 0.00264 e. The lowest BCUT2D eigenvalue weighted by atomic mass is 9.85. The van der Waals surface area contributed by atoms with Crippen molar-refractivity contribution in [3.05, 3.63) is 121 Å². The van der Waals surface area contributed by atoms with E-state index in [4.69, 9.17) is 0 Å². The molecule has 0 fully saturated rings. The van der Waals surface area contributed by atoms with Crippen molar-refractivity contribution in [2.45, 2.75) is 19.8 Å². The summed E-state index contributed by atoms with van der Waals surface area (Å²) in [6.45, 7) is 4.49. The SMILES string of the molecule is CC(C)c1ccc(-c2cc(-c3ccccc3)c(-c3ccccc3)c3ccccc23)cc1. The monoisotopic (exact) mass is 398 g/mol. The fourth-order valence-electron chi connectivity index (χ4n) is 4.42. The summed E-state index contributed by atoms with van der Waals surface area (Å²) in [4.78, 5) is 0. The number of hydrogen-bond donors (Lipinski definition) is 0. The third kappa shape index (κ3) is 3.66. The number of fused-ring (bicyclic) bond motifs is 1. The topological polar surface area (TPSA) is 0 Å². The van der Waals surface area contributed by atoms with Gasteiger partial charge in [-0.25, -0.2) is 0 Å². The van der Waals surface area contributed by atoms with Gasteiger partial charge < -0.3 is 0 Å². The zero-order chi connectivity index (χ0) is 21.2. The van der Waals surface area contributed by atoms with Crippen LogP contribution in [0.3, 0.4) is 0 Å². The molecule has 31 heavy (non-hydrogen) atoms. The van der Waals surface area contributed by atoms with Crippen LogP contribution in [0.5, 0.6) is 0 Å². The predicted octanol–water partition coefficient (Wildman–Crippen LogP) is 8.96. The van der Waals surface area contributed by atoms with E-state index in [-0.39, 0.29) is 0 Å². The Morgan fingerprint density at radius 2 is 0.968 bits per heavy atom. The number of hydrogen-bond acceptors (Lipinski definition) is 0. The van der Waals surface area contributed by atoms with Crippen LogP contribution in [0.1, 0.15) is 25.3 Å². The van der Waals surface area contributed by atoms with E-state index >= 15 is 0 Å². The summed E-state index contributed by atoms with van der Waals surface area (Å²) in [6, 6.07) is 41.8. The van der Waals surface area contributed by atoms with Crippen molar-refractivity contribution in [3.8, 4) is 33.4 Å². The summed E-state index contributed by atoms with van der Waals surface area (Å²) in [5.41, 5.74) is 8.98. The molecular formula is C31H26. The summed E-state index contributed by atoms with van der Waals surface area (Å²) < 4.78 is 0. The zero-order valence-corrected chi connectivity index (χ0v) is 18.0. The average Bonchev–Trinajstić information content (AvgIpc) is 2.84. The van der Waals surface area contributed by atoms with Crippen LogP contribution in [0.15, 0.2) is 115 Å². The molecule has 0 atom stereocenters. The molecule has 150 valence electrons. The molecule has 0 spiro atoms. The Labute approximate surface area is 184 Å². The third-order valence-electron chi connectivity index (χ3n) is 6.08. The molecule has 0 heterocycles. The molecule has 0 nitrogen and oxygen atoms in total. The first-order valence-electron chi connectivity index (χ1n) is 11.0. The molecule has 0 aliphatic rings. The molecule has 5 aromatic rings. The van der Waals surface area contributed by atoms with E-state index in [1.807, 2.05) is 0 Å². The summed E-state index contributed by atoms with van der Waals surface area (Å²) in [6.07, 6.45) is 0. The Morgan fingerprint density at radius 3 is 1.58 bits per heavy atom. The molecule has 5 aromatic carbocycles. The molecule has 0 saturated carbocycles. The van der Waals surface area contributed by atoms with Gasteiger partial charge in [-0.3, -0.25) is 0 Å². The zero-order valence-electron chi connectivity index (χ0n) is 18.0. The maximum Gasteiger partial charge on any atom is -0.00264 e. The average molecular weight is 399 g/mol. The van der Waals surface area contributed by atoms with Crippen molar-refractivity contribution in [2.75, 3.05) is 0 Å². The summed E-state index contributed by atoms with van der Waals surface area (Å²) in [5.74, 6) is 0.533. The largest absolute Gasteiger partial charge is 0.0622 e. The van der Waals surface area contributed by atoms with Gasteiger partial charge in [0.1, 0.15) is 0 Å². The van der Waals surface area contributed by atoms with E-state index in [9.17, 15) is 0 Å². The first-order valence-corrected chi connectivity index (χ1v) is 11.0. The first kappa shape index (κ1) is 19.3. The van der Waals surface area contributed by atoms with Crippen molar-refractivity contribution in [2.24, 2.45) is 0 Å². The molecule has 0 saturated heterocycles. The molecule has 0 aromatic heterocycles. The van der Waals surface area contributed by atoms with Crippen LogP contribution in [0.4, 0.5) is 0 Å². The van der Waals surface area contributed by atoms with Crippen molar-refractivity contribution in [1.29, 1.82) is 0 Å². The van der Waals surface area contributed by atoms with Gasteiger partial charge in [-0.2, -0.15) is 0 Å². The molecule has 0 amide bonds. The lowest BCUT2D eigenvalue weighted by Gasteiger charge is -2.18. The summed E-state index contributed by atoms with van der Waals surface area (Å²) in [5, 5.41) is 2.58. The molecule has 0 bridgehead atoms. The van der Waals surface area contributed by atoms with Gasteiger partial charge in [-0.05, 0) is 61.7 Å². The highest BCUT2D eigenvalue weighted by atomic mass is 14.2. The minimum absolute atomic E-state index is 0.533. The number of benzene rings is 5. The molecule has 0 radical (unpaired) electrons. The summed E-state index contributed by atoms with van der Waals surface area (Å²) >= 11 is 0. The second-order valence-electron chi connectivity index (χ2n) is 8.40. The minimum Gasteiger partial charge on any atom is -0.0622 e. The Bertz CT molecular complexity index is 1310. The van der Waals surface area contributed by atoms with Crippen LogP contribution in [-0.2, 0) is 0 Å². The normalized spacial score (nSPS) is 11.2. The van der Waals surface area contributed by atoms with Crippen LogP contribution < -0.4 is 0 Å². The van der Waals surface area contributed by atoms with E-state index in [1.54, 1.807) is 0 Å². The van der Waals surface area contributed by atoms with Gasteiger partial charge >= 0.3 is 0 Å². The van der Waals surface area contributed by atoms with Gasteiger partial charge in [0.25, 0.3) is 0 Å². The highest BCUT2D eigenvalue weighted by molar-refractivity contribution is 6.10. The Balaban J connectivity index is 1.84. The van der Waals surface area contributed by atoms with Crippen molar-refractivity contribution < 1.29 is 0 Å². The van der Waals surface area contributed by atoms with E-state index in [1.165, 1.54) is 49.7 Å². The van der Waals surface area contributed by atoms with Crippen LogP contribution in [0, 0.1) is 0 Å². The van der Waals surface area contributed by atoms with Crippen LogP contribution in [0.25, 0.3) is 44.2 Å². The molecule has 0 N–H and O–H groups in total. The van der Waals surface area contributed by atoms with E-state index in [0.29, 0.717) is 5.92 Å². The maximum atomic E-state index is 2.38. The molecular weight excluding hydrogens is 372 g/mol. The Morgan fingerprint density at radius 1 is 0.452 bits per heavy atom. The first-order chi connectivity index (χ1) is 15.2. The van der Waals surface area contributed by atoms with Crippen LogP contribution in [-0.4, -0.2) is 0 Å². The molecule has 0 heteroatoms. The fourth-order valence-corrected chi connectivity index (χ4v) is 4.42. The van der Waals surface area contributed by atoms with Crippen LogP contribution >= 0.6 is 0 Å². The standard InChI is InChI=1S/C31H26/c1-22(2)23-17-19-25(20-18-23)29-21-30(24-11-5-3-6-12-24)31(26-13-7-4-8-14-26)28-16-10-9-15-27(28)29/h3-22H,1-2H3. The quantitative estimate of drug-likeness (QED) is 0.283. The highest BCUT2D eigenvalue weighted by Crippen LogP contribution is 2.43. The van der Waals surface area contributed by atoms with Gasteiger partial charge in [0.15, 0.2) is 0 Å². The molecule has 0 aliphatic heterocycles. The van der Waals surface area contributed by atoms with Gasteiger partial charge in [0, 0.05) is 0 Å². The second kappa shape index (κ2) is 8.24. The van der Waals surface area contributed by atoms with Gasteiger partial charge in [-0.1, -0.05) is 123 Å². The van der Waals surface area contributed by atoms with Gasteiger partial charge in [0.2, 0.25) is 0 Å². The van der Waals surface area contributed by atoms with E-state index in [0.717, 1.165) is 0 Å². The summed E-state index contributed by atoms with van der Waals surface area (Å²) in [7, 11) is 0. The second-order valence-corrected chi connectivity index (χ2v) is 8.40. The lowest BCUT2D eigenvalue weighted by Crippen LogP contribution is -1.92. The molecule has 5 rings (SSSR count). The van der Waals surface area contributed by atoms with Gasteiger partial charge in [-0.15, -0.1) is 0 Å². The van der Waals surface area contributed by atoms with Crippen molar-refractivity contribution in [3.63, 3.8) is 0 Å². The minimum atomic E-state index is 0.533. The van der Waals surface area contributed by atoms with Gasteiger partial charge in [0.05, 0.1) is 0 Å². The van der Waals surface area contributed by atoms with E-state index in [2.05, 4.69) is 129 Å². The third-order valence-corrected chi connectivity index (χ3v) is 6.08. The highest BCUT2D eigenvalue weighted by Gasteiger charge is 2.16. The maximum absolute atomic E-state index is 2.38. The Kier molecular flexibility index (Phi) is 5.14. The predicted molar refractivity (Wildman–Crippen MR) is 134 cm³/mol. The van der Waals surface area contributed by atoms with Crippen LogP contribution in [0.2, 0.25) is 0 Å². The van der Waals surface area contributed by atoms with Crippen molar-refractivity contribution in [1.82, 2.24) is 0 Å². The number of rotatable bonds is 4. The van der Waals surface area contributed by atoms with E-state index < -0.39 is 0 Å². The van der Waals surface area contributed by atoms with Crippen molar-refractivity contribution >= 4 is 10.8 Å². The fraction of sp³-hybridized carbons (Fsp3) is 0.0968.